The van der Waals surface area contributed by atoms with Crippen LogP contribution >= 0.6 is 0 Å². The van der Waals surface area contributed by atoms with Crippen LogP contribution in [0.2, 0.25) is 0 Å². The number of carbonyl (C=O) groups is 1. The van der Waals surface area contributed by atoms with Crippen LogP contribution in [0, 0.1) is 5.82 Å². The van der Waals surface area contributed by atoms with Crippen molar-refractivity contribution in [3.63, 3.8) is 0 Å². The van der Waals surface area contributed by atoms with E-state index in [9.17, 15) is 9.18 Å². The molecule has 32 heavy (non-hydrogen) atoms. The number of benzene rings is 2. The van der Waals surface area contributed by atoms with Gasteiger partial charge in [-0.3, -0.25) is 14.4 Å². The summed E-state index contributed by atoms with van der Waals surface area (Å²) in [5.74, 6) is -0.671. The first kappa shape index (κ1) is 20.7. The number of halogens is 1. The van der Waals surface area contributed by atoms with Gasteiger partial charge in [0.25, 0.3) is 0 Å². The van der Waals surface area contributed by atoms with Crippen molar-refractivity contribution in [2.45, 2.75) is 0 Å². The molecule has 2 aromatic carbocycles. The Morgan fingerprint density at radius 1 is 1.19 bits per heavy atom. The summed E-state index contributed by atoms with van der Waals surface area (Å²) in [4.78, 5) is 24.0. The highest BCUT2D eigenvalue weighted by Gasteiger charge is 2.18. The number of aliphatic imine (C=N–C) groups is 1. The van der Waals surface area contributed by atoms with Gasteiger partial charge in [-0.1, -0.05) is 24.8 Å². The minimum atomic E-state index is -0.593. The van der Waals surface area contributed by atoms with Crippen LogP contribution in [-0.4, -0.2) is 33.7 Å². The molecule has 0 aliphatic heterocycles. The summed E-state index contributed by atoms with van der Waals surface area (Å²) < 4.78 is 16.7. The number of para-hydroxylation sites is 1. The van der Waals surface area contributed by atoms with Gasteiger partial charge in [-0.2, -0.15) is 4.98 Å². The van der Waals surface area contributed by atoms with Crippen LogP contribution in [0.15, 0.2) is 78.2 Å². The van der Waals surface area contributed by atoms with E-state index < -0.39 is 5.82 Å². The zero-order valence-electron chi connectivity index (χ0n) is 17.2. The van der Waals surface area contributed by atoms with E-state index in [-0.39, 0.29) is 17.7 Å². The number of rotatable bonds is 6. The Kier molecular flexibility index (Phi) is 5.63. The molecule has 0 radical (unpaired) electrons. The second-order valence-corrected chi connectivity index (χ2v) is 6.78. The van der Waals surface area contributed by atoms with E-state index in [0.29, 0.717) is 11.4 Å². The minimum absolute atomic E-state index is 0.0707. The fourth-order valence-corrected chi connectivity index (χ4v) is 3.43. The Bertz CT molecular complexity index is 1400. The number of anilines is 2. The standard InChI is InChI=1S/C23H20FN7O/c1-3-21(32)28-14-8-9-20-17(10-14)16-6-4-5-7-19(16)31(20)22-18(24)13-27-23(30-22)29-15(11-25)12-26-2/h3-13H,1,25H2,2H3,(H,28,32)(H,27,29,30). The second-order valence-electron chi connectivity index (χ2n) is 6.78. The molecule has 160 valence electrons. The average molecular weight is 429 g/mol. The van der Waals surface area contributed by atoms with Crippen LogP contribution in [0.25, 0.3) is 27.6 Å². The van der Waals surface area contributed by atoms with Gasteiger partial charge in [-0.25, -0.2) is 9.37 Å². The Morgan fingerprint density at radius 2 is 1.97 bits per heavy atom. The number of allylic oxidation sites excluding steroid dienone is 1. The van der Waals surface area contributed by atoms with E-state index in [4.69, 9.17) is 5.73 Å². The van der Waals surface area contributed by atoms with Crippen LogP contribution in [0.5, 0.6) is 0 Å². The zero-order valence-corrected chi connectivity index (χ0v) is 17.2. The summed E-state index contributed by atoms with van der Waals surface area (Å²) in [6.45, 7) is 3.47. The van der Waals surface area contributed by atoms with Crippen molar-refractivity contribution in [3.8, 4) is 5.82 Å². The molecule has 4 rings (SSSR count). The molecule has 0 fully saturated rings. The summed E-state index contributed by atoms with van der Waals surface area (Å²) in [6.07, 6.45) is 5.12. The molecule has 1 amide bonds. The number of fused-ring (bicyclic) bond motifs is 3. The van der Waals surface area contributed by atoms with Crippen molar-refractivity contribution in [2.24, 2.45) is 10.7 Å². The maximum Gasteiger partial charge on any atom is 0.247 e. The maximum absolute atomic E-state index is 14.9. The fourth-order valence-electron chi connectivity index (χ4n) is 3.43. The summed E-state index contributed by atoms with van der Waals surface area (Å²) in [7, 11) is 1.60. The SMILES string of the molecule is C=CC(=O)Nc1ccc2c(c1)c1ccccc1n2-c1nc(NC(C=NC)=CN)ncc1F. The molecule has 8 nitrogen and oxygen atoms in total. The highest BCUT2D eigenvalue weighted by atomic mass is 19.1. The summed E-state index contributed by atoms with van der Waals surface area (Å²) in [6, 6.07) is 12.9. The first-order valence-electron chi connectivity index (χ1n) is 9.66. The van der Waals surface area contributed by atoms with Crippen LogP contribution in [0.4, 0.5) is 16.0 Å². The number of nitrogens with two attached hydrogens (primary N) is 1. The van der Waals surface area contributed by atoms with Crippen LogP contribution in [0.3, 0.4) is 0 Å². The molecular formula is C23H20FN7O. The average Bonchev–Trinajstić information content (AvgIpc) is 3.13. The molecule has 4 N–H and O–H groups in total. The molecule has 0 unspecified atom stereocenters. The molecule has 0 spiro atoms. The Labute approximate surface area is 183 Å². The highest BCUT2D eigenvalue weighted by molar-refractivity contribution is 6.11. The minimum Gasteiger partial charge on any atom is -0.403 e. The number of nitrogens with one attached hydrogen (secondary N) is 2. The van der Waals surface area contributed by atoms with Gasteiger partial charge in [-0.15, -0.1) is 0 Å². The largest absolute Gasteiger partial charge is 0.403 e. The molecule has 2 aromatic heterocycles. The number of hydrogen-bond donors (Lipinski definition) is 3. The molecule has 0 bridgehead atoms. The molecule has 0 aliphatic rings. The van der Waals surface area contributed by atoms with E-state index >= 15 is 0 Å². The Balaban J connectivity index is 1.91. The fraction of sp³-hybridized carbons (Fsp3) is 0.0435. The molecule has 0 atom stereocenters. The summed E-state index contributed by atoms with van der Waals surface area (Å²) in [5.41, 5.74) is 8.13. The lowest BCUT2D eigenvalue weighted by molar-refractivity contribution is -0.111. The first-order chi connectivity index (χ1) is 15.5. The second kappa shape index (κ2) is 8.68. The van der Waals surface area contributed by atoms with E-state index in [2.05, 4.69) is 32.2 Å². The normalized spacial score (nSPS) is 11.9. The molecule has 2 heterocycles. The van der Waals surface area contributed by atoms with Gasteiger partial charge in [0.1, 0.15) is 0 Å². The quantitative estimate of drug-likeness (QED) is 0.319. The van der Waals surface area contributed by atoms with Crippen LogP contribution in [0.1, 0.15) is 0 Å². The van der Waals surface area contributed by atoms with Crippen LogP contribution < -0.4 is 16.4 Å². The molecule has 0 saturated heterocycles. The number of hydrogen-bond acceptors (Lipinski definition) is 6. The predicted molar refractivity (Wildman–Crippen MR) is 125 cm³/mol. The van der Waals surface area contributed by atoms with Crippen molar-refractivity contribution in [1.29, 1.82) is 0 Å². The Morgan fingerprint density at radius 3 is 2.72 bits per heavy atom. The Hall–Kier alpha value is -4.53. The third kappa shape index (κ3) is 3.79. The van der Waals surface area contributed by atoms with E-state index in [1.165, 1.54) is 18.5 Å². The first-order valence-corrected chi connectivity index (χ1v) is 9.66. The van der Waals surface area contributed by atoms with E-state index in [1.54, 1.807) is 23.7 Å². The van der Waals surface area contributed by atoms with Gasteiger partial charge in [0.05, 0.1) is 22.9 Å². The maximum atomic E-state index is 14.9. The monoisotopic (exact) mass is 429 g/mol. The lowest BCUT2D eigenvalue weighted by Crippen LogP contribution is -2.10. The zero-order chi connectivity index (χ0) is 22.7. The van der Waals surface area contributed by atoms with Gasteiger partial charge in [0.2, 0.25) is 11.9 Å². The smallest absolute Gasteiger partial charge is 0.247 e. The van der Waals surface area contributed by atoms with Crippen molar-refractivity contribution < 1.29 is 9.18 Å². The predicted octanol–water partition coefficient (Wildman–Crippen LogP) is 3.75. The number of carbonyl (C=O) groups excluding carboxylic acids is 1. The lowest BCUT2D eigenvalue weighted by Gasteiger charge is -2.11. The lowest BCUT2D eigenvalue weighted by atomic mass is 10.1. The number of nitrogens with zero attached hydrogens (tertiary/aromatic N) is 4. The van der Waals surface area contributed by atoms with E-state index in [0.717, 1.165) is 28.0 Å². The highest BCUT2D eigenvalue weighted by Crippen LogP contribution is 2.34. The molecule has 4 aromatic rings. The van der Waals surface area contributed by atoms with Crippen molar-refractivity contribution in [2.75, 3.05) is 17.7 Å². The third-order valence-electron chi connectivity index (χ3n) is 4.77. The molecule has 9 heteroatoms. The van der Waals surface area contributed by atoms with Crippen molar-refractivity contribution in [3.05, 3.63) is 79.0 Å². The van der Waals surface area contributed by atoms with Crippen molar-refractivity contribution >= 4 is 45.6 Å². The topological polar surface area (TPSA) is 110 Å². The summed E-state index contributed by atoms with van der Waals surface area (Å²) in [5, 5.41) is 7.38. The number of aromatic nitrogens is 3. The van der Waals surface area contributed by atoms with Crippen molar-refractivity contribution in [1.82, 2.24) is 14.5 Å². The summed E-state index contributed by atoms with van der Waals surface area (Å²) >= 11 is 0. The van der Waals surface area contributed by atoms with Gasteiger partial charge in [-0.05, 0) is 30.3 Å². The molecule has 0 saturated carbocycles. The van der Waals surface area contributed by atoms with Crippen LogP contribution in [-0.2, 0) is 4.79 Å². The van der Waals surface area contributed by atoms with Gasteiger partial charge in [0.15, 0.2) is 11.6 Å². The van der Waals surface area contributed by atoms with E-state index in [1.807, 2.05) is 30.3 Å². The third-order valence-corrected chi connectivity index (χ3v) is 4.77. The van der Waals surface area contributed by atoms with Gasteiger partial charge in [0, 0.05) is 35.9 Å². The van der Waals surface area contributed by atoms with Gasteiger partial charge >= 0.3 is 0 Å². The number of amides is 1. The molecule has 0 aliphatic carbocycles. The van der Waals surface area contributed by atoms with Gasteiger partial charge < -0.3 is 16.4 Å². The molecular weight excluding hydrogens is 409 g/mol.